The molecular formula is C19H23N3O3S. The Balaban J connectivity index is 1.55. The Labute approximate surface area is 157 Å². The molecule has 1 N–H and O–H groups in total. The minimum atomic E-state index is -0.343. The average molecular weight is 373 g/mol. The van der Waals surface area contributed by atoms with Crippen LogP contribution in [0, 0.1) is 0 Å². The topological polar surface area (TPSA) is 61.9 Å². The predicted molar refractivity (Wildman–Crippen MR) is 103 cm³/mol. The molecule has 1 fully saturated rings. The molecular weight excluding hydrogens is 350 g/mol. The molecule has 0 saturated carbocycles. The lowest BCUT2D eigenvalue weighted by atomic mass is 9.98. The highest BCUT2D eigenvalue weighted by Crippen LogP contribution is 2.43. The van der Waals surface area contributed by atoms with E-state index < -0.39 is 0 Å². The third-order valence-corrected chi connectivity index (χ3v) is 6.12. The van der Waals surface area contributed by atoms with E-state index in [1.54, 1.807) is 4.90 Å². The molecule has 1 saturated heterocycles. The lowest BCUT2D eigenvalue weighted by molar-refractivity contribution is -0.119. The molecule has 0 spiro atoms. The monoisotopic (exact) mass is 373 g/mol. The fraction of sp³-hybridized carbons (Fsp3) is 0.474. The molecule has 1 aliphatic carbocycles. The first kappa shape index (κ1) is 17.4. The van der Waals surface area contributed by atoms with Crippen molar-refractivity contribution in [3.63, 3.8) is 0 Å². The fourth-order valence-electron chi connectivity index (χ4n) is 3.80. The number of allylic oxidation sites excluding steroid dienone is 1. The van der Waals surface area contributed by atoms with Crippen molar-refractivity contribution in [2.45, 2.75) is 32.3 Å². The molecule has 0 radical (unpaired) electrons. The summed E-state index contributed by atoms with van der Waals surface area (Å²) >= 11 is 1.86. The minimum Gasteiger partial charge on any atom is -0.442 e. The second kappa shape index (κ2) is 6.96. The smallest absolute Gasteiger partial charge is 0.414 e. The fourth-order valence-corrected chi connectivity index (χ4v) is 4.89. The molecule has 26 heavy (non-hydrogen) atoms. The van der Waals surface area contributed by atoms with Crippen LogP contribution in [0.5, 0.6) is 0 Å². The third-order valence-electron chi connectivity index (χ3n) is 5.01. The first-order chi connectivity index (χ1) is 12.5. The van der Waals surface area contributed by atoms with Crippen LogP contribution in [-0.4, -0.2) is 49.1 Å². The van der Waals surface area contributed by atoms with Crippen LogP contribution < -0.4 is 10.2 Å². The van der Waals surface area contributed by atoms with Crippen molar-refractivity contribution in [1.29, 1.82) is 0 Å². The summed E-state index contributed by atoms with van der Waals surface area (Å²) < 4.78 is 7.66. The summed E-state index contributed by atoms with van der Waals surface area (Å²) in [6, 6.07) is 6.30. The molecule has 0 aromatic heterocycles. The van der Waals surface area contributed by atoms with Crippen LogP contribution in [0.3, 0.4) is 0 Å². The van der Waals surface area contributed by atoms with Crippen LogP contribution >= 0.6 is 11.9 Å². The van der Waals surface area contributed by atoms with E-state index in [2.05, 4.69) is 28.8 Å². The van der Waals surface area contributed by atoms with Crippen LogP contribution in [0.15, 0.2) is 23.1 Å². The lowest BCUT2D eigenvalue weighted by Crippen LogP contribution is -2.33. The highest BCUT2D eigenvalue weighted by molar-refractivity contribution is 8.01. The second-order valence-electron chi connectivity index (χ2n) is 7.03. The molecule has 0 unspecified atom stereocenters. The number of carbonyl (C=O) groups is 2. The number of aryl methyl sites for hydroxylation is 1. The van der Waals surface area contributed by atoms with E-state index in [4.69, 9.17) is 4.74 Å². The van der Waals surface area contributed by atoms with Crippen LogP contribution in [-0.2, 0) is 16.0 Å². The Morgan fingerprint density at radius 1 is 1.38 bits per heavy atom. The van der Waals surface area contributed by atoms with Gasteiger partial charge in [0.1, 0.15) is 6.10 Å². The van der Waals surface area contributed by atoms with E-state index in [0.29, 0.717) is 13.1 Å². The number of nitrogens with zero attached hydrogens (tertiary/aromatic N) is 2. The zero-order valence-corrected chi connectivity index (χ0v) is 15.9. The van der Waals surface area contributed by atoms with Crippen molar-refractivity contribution in [3.8, 4) is 0 Å². The highest BCUT2D eigenvalue weighted by Gasteiger charge is 2.33. The number of amides is 2. The molecule has 2 heterocycles. The molecule has 1 aromatic carbocycles. The van der Waals surface area contributed by atoms with Gasteiger partial charge in [0, 0.05) is 24.1 Å². The predicted octanol–water partition coefficient (Wildman–Crippen LogP) is 2.79. The first-order valence-electron chi connectivity index (χ1n) is 8.98. The van der Waals surface area contributed by atoms with E-state index in [-0.39, 0.29) is 18.1 Å². The van der Waals surface area contributed by atoms with Gasteiger partial charge in [-0.1, -0.05) is 6.07 Å². The first-order valence-corrected chi connectivity index (χ1v) is 9.75. The summed E-state index contributed by atoms with van der Waals surface area (Å²) in [6.45, 7) is 3.24. The summed E-state index contributed by atoms with van der Waals surface area (Å²) in [5.74, 6) is -0.118. The maximum atomic E-state index is 12.3. The van der Waals surface area contributed by atoms with Crippen LogP contribution in [0.25, 0.3) is 5.57 Å². The largest absolute Gasteiger partial charge is 0.442 e. The number of hydrogen-bond donors (Lipinski definition) is 1. The van der Waals surface area contributed by atoms with Gasteiger partial charge in [-0.15, -0.1) is 0 Å². The Kier molecular flexibility index (Phi) is 4.67. The van der Waals surface area contributed by atoms with E-state index in [0.717, 1.165) is 31.5 Å². The molecule has 1 atom stereocenters. The van der Waals surface area contributed by atoms with Gasteiger partial charge in [-0.25, -0.2) is 9.10 Å². The summed E-state index contributed by atoms with van der Waals surface area (Å²) in [6.07, 6.45) is 2.63. The second-order valence-corrected chi connectivity index (χ2v) is 8.33. The quantitative estimate of drug-likeness (QED) is 0.826. The number of rotatable bonds is 3. The number of fused-ring (bicyclic) bond motifs is 2. The lowest BCUT2D eigenvalue weighted by Gasteiger charge is -2.17. The molecule has 138 valence electrons. The van der Waals surface area contributed by atoms with Gasteiger partial charge in [0.15, 0.2) is 0 Å². The zero-order valence-electron chi connectivity index (χ0n) is 15.1. The molecule has 2 amide bonds. The summed E-state index contributed by atoms with van der Waals surface area (Å²) in [4.78, 5) is 26.5. The average Bonchev–Trinajstić information content (AvgIpc) is 3.11. The Bertz CT molecular complexity index is 792. The molecule has 4 rings (SSSR count). The van der Waals surface area contributed by atoms with Crippen LogP contribution in [0.1, 0.15) is 30.9 Å². The Morgan fingerprint density at radius 2 is 2.23 bits per heavy atom. The standard InChI is InChI=1S/C19H23N3O3S/c1-12(23)20-9-15-10-22(19(24)25-15)14-6-7-16-13(8-14)4-3-5-18-17(16)11-21(2)26-18/h6-8,15H,3-5,9-11H2,1-2H3,(H,20,23)/t15-/m0/s1. The van der Waals surface area contributed by atoms with Crippen molar-refractivity contribution >= 4 is 35.2 Å². The number of ether oxygens (including phenoxy) is 1. The van der Waals surface area contributed by atoms with E-state index >= 15 is 0 Å². The summed E-state index contributed by atoms with van der Waals surface area (Å²) in [5, 5.41) is 2.71. The number of anilines is 1. The minimum absolute atomic E-state index is 0.118. The van der Waals surface area contributed by atoms with E-state index in [1.807, 2.05) is 18.0 Å². The third kappa shape index (κ3) is 3.33. The van der Waals surface area contributed by atoms with Gasteiger partial charge in [-0.3, -0.25) is 9.69 Å². The number of cyclic esters (lactones) is 1. The number of nitrogens with one attached hydrogen (secondary N) is 1. The zero-order chi connectivity index (χ0) is 18.3. The highest BCUT2D eigenvalue weighted by atomic mass is 32.2. The van der Waals surface area contributed by atoms with Crippen molar-refractivity contribution < 1.29 is 14.3 Å². The van der Waals surface area contributed by atoms with Gasteiger partial charge >= 0.3 is 6.09 Å². The van der Waals surface area contributed by atoms with Gasteiger partial charge < -0.3 is 10.1 Å². The van der Waals surface area contributed by atoms with E-state index in [9.17, 15) is 9.59 Å². The number of benzene rings is 1. The number of carbonyl (C=O) groups excluding carboxylic acids is 2. The SMILES string of the molecule is CC(=O)NC[C@H]1CN(c2ccc3c(c2)CCCC2=C3CN(C)S2)C(=O)O1. The van der Waals surface area contributed by atoms with Crippen molar-refractivity contribution in [2.75, 3.05) is 31.6 Å². The maximum absolute atomic E-state index is 12.3. The number of hydrogen-bond acceptors (Lipinski definition) is 5. The molecule has 6 nitrogen and oxygen atoms in total. The molecule has 7 heteroatoms. The summed E-state index contributed by atoms with van der Waals surface area (Å²) in [5.41, 5.74) is 4.94. The van der Waals surface area contributed by atoms with Gasteiger partial charge in [-0.2, -0.15) is 0 Å². The van der Waals surface area contributed by atoms with E-state index in [1.165, 1.54) is 28.5 Å². The molecule has 3 aliphatic rings. The molecule has 1 aromatic rings. The van der Waals surface area contributed by atoms with Gasteiger partial charge in [0.25, 0.3) is 0 Å². The van der Waals surface area contributed by atoms with Crippen molar-refractivity contribution in [2.24, 2.45) is 0 Å². The van der Waals surface area contributed by atoms with Crippen LogP contribution in [0.4, 0.5) is 10.5 Å². The van der Waals surface area contributed by atoms with Gasteiger partial charge in [0.2, 0.25) is 5.91 Å². The van der Waals surface area contributed by atoms with Crippen molar-refractivity contribution in [3.05, 3.63) is 34.2 Å². The summed E-state index contributed by atoms with van der Waals surface area (Å²) in [7, 11) is 2.13. The normalized spacial score (nSPS) is 22.8. The maximum Gasteiger partial charge on any atom is 0.414 e. The molecule has 0 bridgehead atoms. The Hall–Kier alpha value is -1.99. The Morgan fingerprint density at radius 3 is 3.04 bits per heavy atom. The molecule has 2 aliphatic heterocycles. The van der Waals surface area contributed by atoms with Gasteiger partial charge in [0.05, 0.1) is 13.1 Å². The van der Waals surface area contributed by atoms with Crippen LogP contribution in [0.2, 0.25) is 0 Å². The number of likely N-dealkylation sites (N-methyl/N-ethyl adjacent to an activating group) is 1. The van der Waals surface area contributed by atoms with Gasteiger partial charge in [-0.05, 0) is 67.1 Å². The van der Waals surface area contributed by atoms with Crippen molar-refractivity contribution in [1.82, 2.24) is 9.62 Å².